The second-order valence-electron chi connectivity index (χ2n) is 6.57. The van der Waals surface area contributed by atoms with Crippen molar-refractivity contribution >= 4 is 5.91 Å². The van der Waals surface area contributed by atoms with Crippen LogP contribution in [-0.4, -0.2) is 42.3 Å². The van der Waals surface area contributed by atoms with Gasteiger partial charge in [-0.25, -0.2) is 0 Å². The number of nitrogens with zero attached hydrogens (tertiary/aromatic N) is 1. The fourth-order valence-electron chi connectivity index (χ4n) is 4.07. The van der Waals surface area contributed by atoms with Crippen LogP contribution in [0.25, 0.3) is 0 Å². The third kappa shape index (κ3) is 2.86. The van der Waals surface area contributed by atoms with Gasteiger partial charge in [-0.3, -0.25) is 10.1 Å². The van der Waals surface area contributed by atoms with Crippen LogP contribution in [0.3, 0.4) is 0 Å². The quantitative estimate of drug-likeness (QED) is 0.840. The molecule has 0 bridgehead atoms. The second kappa shape index (κ2) is 6.44. The predicted octanol–water partition coefficient (Wildman–Crippen LogP) is 2.28. The van der Waals surface area contributed by atoms with Gasteiger partial charge < -0.3 is 9.64 Å². The van der Waals surface area contributed by atoms with E-state index in [0.717, 1.165) is 26.0 Å². The molecule has 0 aromatic heterocycles. The average molecular weight is 280 g/mol. The summed E-state index contributed by atoms with van der Waals surface area (Å²) in [6.45, 7) is 3.87. The van der Waals surface area contributed by atoms with Gasteiger partial charge in [0.15, 0.2) is 0 Å². The van der Waals surface area contributed by atoms with Crippen LogP contribution >= 0.6 is 0 Å². The maximum atomic E-state index is 12.5. The lowest BCUT2D eigenvalue weighted by atomic mass is 10.0. The molecule has 3 rings (SSSR count). The first-order chi connectivity index (χ1) is 9.79. The smallest absolute Gasteiger partial charge is 0.241 e. The Morgan fingerprint density at radius 2 is 2.05 bits per heavy atom. The molecule has 3 unspecified atom stereocenters. The van der Waals surface area contributed by atoms with E-state index in [1.807, 2.05) is 0 Å². The van der Waals surface area contributed by atoms with E-state index in [9.17, 15) is 4.79 Å². The molecule has 2 aliphatic heterocycles. The molecule has 3 atom stereocenters. The van der Waals surface area contributed by atoms with Gasteiger partial charge in [0, 0.05) is 13.2 Å². The highest BCUT2D eigenvalue weighted by Gasteiger charge is 2.42. The summed E-state index contributed by atoms with van der Waals surface area (Å²) >= 11 is 0. The Bertz CT molecular complexity index is 335. The molecule has 114 valence electrons. The zero-order valence-electron chi connectivity index (χ0n) is 12.6. The van der Waals surface area contributed by atoms with E-state index >= 15 is 0 Å². The summed E-state index contributed by atoms with van der Waals surface area (Å²) in [5.41, 5.74) is 0. The second-order valence-corrected chi connectivity index (χ2v) is 6.57. The molecule has 2 heterocycles. The summed E-state index contributed by atoms with van der Waals surface area (Å²) in [5, 5.41) is 3.59. The molecule has 4 heteroatoms. The molecule has 4 nitrogen and oxygen atoms in total. The van der Waals surface area contributed by atoms with Gasteiger partial charge in [0.25, 0.3) is 0 Å². The Morgan fingerprint density at radius 1 is 1.25 bits per heavy atom. The normalized spacial score (nSPS) is 35.4. The Labute approximate surface area is 122 Å². The number of ether oxygens (including phenoxy) is 1. The Balaban J connectivity index is 1.61. The third-order valence-corrected chi connectivity index (χ3v) is 5.26. The van der Waals surface area contributed by atoms with E-state index in [0.29, 0.717) is 17.9 Å². The minimum absolute atomic E-state index is 0.0464. The monoisotopic (exact) mass is 280 g/mol. The van der Waals surface area contributed by atoms with Crippen LogP contribution in [-0.2, 0) is 9.53 Å². The van der Waals surface area contributed by atoms with E-state index in [1.54, 1.807) is 0 Å². The lowest BCUT2D eigenvalue weighted by Gasteiger charge is -2.29. The first-order valence-electron chi connectivity index (χ1n) is 8.47. The molecule has 0 spiro atoms. The lowest BCUT2D eigenvalue weighted by Crippen LogP contribution is -2.43. The van der Waals surface area contributed by atoms with Crippen LogP contribution in [0.15, 0.2) is 0 Å². The van der Waals surface area contributed by atoms with Gasteiger partial charge in [-0.15, -0.1) is 0 Å². The Morgan fingerprint density at radius 3 is 2.70 bits per heavy atom. The highest BCUT2D eigenvalue weighted by Crippen LogP contribution is 2.32. The van der Waals surface area contributed by atoms with Crippen molar-refractivity contribution in [3.05, 3.63) is 0 Å². The molecule has 1 amide bonds. The molecule has 2 saturated heterocycles. The maximum absolute atomic E-state index is 12.5. The number of carbonyl (C=O) groups excluding carboxylic acids is 1. The molecule has 0 radical (unpaired) electrons. The van der Waals surface area contributed by atoms with Crippen molar-refractivity contribution in [2.75, 3.05) is 13.2 Å². The SMILES string of the molecule is CCC1NC(C2CCCC2)N(CCC2CCCO2)C1=O. The van der Waals surface area contributed by atoms with E-state index < -0.39 is 0 Å². The zero-order chi connectivity index (χ0) is 13.9. The van der Waals surface area contributed by atoms with Gasteiger partial charge in [0.1, 0.15) is 0 Å². The molecule has 1 aliphatic carbocycles. The Hall–Kier alpha value is -0.610. The molecule has 0 aromatic carbocycles. The molecule has 1 saturated carbocycles. The zero-order valence-corrected chi connectivity index (χ0v) is 12.6. The fraction of sp³-hybridized carbons (Fsp3) is 0.938. The topological polar surface area (TPSA) is 41.6 Å². The van der Waals surface area contributed by atoms with Crippen LogP contribution < -0.4 is 5.32 Å². The maximum Gasteiger partial charge on any atom is 0.241 e. The van der Waals surface area contributed by atoms with Gasteiger partial charge >= 0.3 is 0 Å². The highest BCUT2D eigenvalue weighted by molar-refractivity contribution is 5.84. The number of rotatable bonds is 5. The van der Waals surface area contributed by atoms with Crippen LogP contribution in [0.4, 0.5) is 0 Å². The predicted molar refractivity (Wildman–Crippen MR) is 78.3 cm³/mol. The number of amides is 1. The molecule has 3 aliphatic rings. The summed E-state index contributed by atoms with van der Waals surface area (Å²) in [6, 6.07) is 0.0464. The van der Waals surface area contributed by atoms with Crippen molar-refractivity contribution in [1.82, 2.24) is 10.2 Å². The fourth-order valence-corrected chi connectivity index (χ4v) is 4.07. The van der Waals surface area contributed by atoms with E-state index in [2.05, 4.69) is 17.1 Å². The van der Waals surface area contributed by atoms with Gasteiger partial charge in [-0.05, 0) is 44.4 Å². The van der Waals surface area contributed by atoms with Crippen molar-refractivity contribution in [1.29, 1.82) is 0 Å². The van der Waals surface area contributed by atoms with Crippen molar-refractivity contribution in [3.63, 3.8) is 0 Å². The standard InChI is InChI=1S/C16H28N2O2/c1-2-14-16(19)18(10-9-13-8-5-11-20-13)15(17-14)12-6-3-4-7-12/h12-15,17H,2-11H2,1H3. The molecule has 20 heavy (non-hydrogen) atoms. The molecule has 3 fully saturated rings. The largest absolute Gasteiger partial charge is 0.378 e. The van der Waals surface area contributed by atoms with Crippen molar-refractivity contribution in [2.24, 2.45) is 5.92 Å². The first-order valence-corrected chi connectivity index (χ1v) is 8.47. The van der Waals surface area contributed by atoms with Gasteiger partial charge in [0.05, 0.1) is 18.3 Å². The van der Waals surface area contributed by atoms with E-state index in [-0.39, 0.29) is 12.2 Å². The third-order valence-electron chi connectivity index (χ3n) is 5.26. The van der Waals surface area contributed by atoms with Crippen molar-refractivity contribution in [3.8, 4) is 0 Å². The Kier molecular flexibility index (Phi) is 4.61. The lowest BCUT2D eigenvalue weighted by molar-refractivity contribution is -0.131. The number of hydrogen-bond acceptors (Lipinski definition) is 3. The van der Waals surface area contributed by atoms with Gasteiger partial charge in [-0.2, -0.15) is 0 Å². The highest BCUT2D eigenvalue weighted by atomic mass is 16.5. The van der Waals surface area contributed by atoms with Crippen molar-refractivity contribution in [2.45, 2.75) is 76.6 Å². The van der Waals surface area contributed by atoms with Crippen LogP contribution in [0.5, 0.6) is 0 Å². The number of hydrogen-bond donors (Lipinski definition) is 1. The average Bonchev–Trinajstić information content (AvgIpc) is 3.18. The minimum atomic E-state index is 0.0464. The summed E-state index contributed by atoms with van der Waals surface area (Å²) in [5.74, 6) is 0.988. The number of carbonyl (C=O) groups is 1. The number of nitrogens with one attached hydrogen (secondary N) is 1. The molecular weight excluding hydrogens is 252 g/mol. The summed E-state index contributed by atoms with van der Waals surface area (Å²) in [4.78, 5) is 14.7. The van der Waals surface area contributed by atoms with Crippen LogP contribution in [0, 0.1) is 5.92 Å². The van der Waals surface area contributed by atoms with Crippen LogP contribution in [0.2, 0.25) is 0 Å². The van der Waals surface area contributed by atoms with Gasteiger partial charge in [-0.1, -0.05) is 19.8 Å². The first kappa shape index (κ1) is 14.3. The minimum Gasteiger partial charge on any atom is -0.378 e. The van der Waals surface area contributed by atoms with Crippen molar-refractivity contribution < 1.29 is 9.53 Å². The van der Waals surface area contributed by atoms with E-state index in [1.165, 1.54) is 38.5 Å². The molecule has 0 aromatic rings. The van der Waals surface area contributed by atoms with E-state index in [4.69, 9.17) is 4.74 Å². The van der Waals surface area contributed by atoms with Gasteiger partial charge in [0.2, 0.25) is 5.91 Å². The summed E-state index contributed by atoms with van der Waals surface area (Å²) < 4.78 is 5.70. The molecular formula is C16H28N2O2. The molecule has 1 N–H and O–H groups in total. The summed E-state index contributed by atoms with van der Waals surface area (Å²) in [7, 11) is 0. The van der Waals surface area contributed by atoms with Crippen LogP contribution in [0.1, 0.15) is 58.3 Å². The summed E-state index contributed by atoms with van der Waals surface area (Å²) in [6.07, 6.45) is 10.1.